The van der Waals surface area contributed by atoms with E-state index in [-0.39, 0.29) is 0 Å². The highest BCUT2D eigenvalue weighted by molar-refractivity contribution is 5.49. The largest absolute Gasteiger partial charge is 0.363 e. The Balaban J connectivity index is 2.24. The van der Waals surface area contributed by atoms with Crippen molar-refractivity contribution in [2.45, 2.75) is 6.54 Å². The van der Waals surface area contributed by atoms with Crippen LogP contribution in [0.15, 0.2) is 97.6 Å². The van der Waals surface area contributed by atoms with E-state index in [1.807, 2.05) is 30.4 Å². The van der Waals surface area contributed by atoms with Crippen LogP contribution in [0.2, 0.25) is 0 Å². The number of rotatable bonds is 7. The molecule has 0 unspecified atom stereocenters. The Morgan fingerprint density at radius 3 is 2.10 bits per heavy atom. The maximum atomic E-state index is 3.89. The van der Waals surface area contributed by atoms with E-state index in [1.165, 1.54) is 11.3 Å². The number of para-hydroxylation sites is 1. The molecule has 21 heavy (non-hydrogen) atoms. The molecule has 0 bridgehead atoms. The minimum atomic E-state index is 0.814. The molecule has 2 aromatic rings. The maximum absolute atomic E-state index is 3.89. The molecule has 0 radical (unpaired) electrons. The van der Waals surface area contributed by atoms with E-state index in [0.29, 0.717) is 0 Å². The van der Waals surface area contributed by atoms with E-state index in [2.05, 4.69) is 66.6 Å². The van der Waals surface area contributed by atoms with E-state index in [4.69, 9.17) is 0 Å². The van der Waals surface area contributed by atoms with E-state index in [9.17, 15) is 0 Å². The number of anilines is 1. The van der Waals surface area contributed by atoms with Crippen molar-refractivity contribution < 1.29 is 0 Å². The van der Waals surface area contributed by atoms with Crippen LogP contribution >= 0.6 is 0 Å². The van der Waals surface area contributed by atoms with Crippen LogP contribution in [0.4, 0.5) is 5.69 Å². The lowest BCUT2D eigenvalue weighted by molar-refractivity contribution is 0.853. The lowest BCUT2D eigenvalue weighted by Crippen LogP contribution is -2.24. The molecule has 0 aromatic heterocycles. The molecule has 106 valence electrons. The molecule has 0 heterocycles. The van der Waals surface area contributed by atoms with Gasteiger partial charge in [0.25, 0.3) is 0 Å². The van der Waals surface area contributed by atoms with Gasteiger partial charge in [0.1, 0.15) is 0 Å². The Kier molecular flexibility index (Phi) is 5.60. The van der Waals surface area contributed by atoms with Crippen LogP contribution in [0.3, 0.4) is 0 Å². The molecule has 0 spiro atoms. The molecule has 0 aliphatic rings. The van der Waals surface area contributed by atoms with E-state index in [0.717, 1.165) is 18.7 Å². The zero-order valence-electron chi connectivity index (χ0n) is 12.3. The Morgan fingerprint density at radius 2 is 1.52 bits per heavy atom. The van der Waals surface area contributed by atoms with Gasteiger partial charge < -0.3 is 4.90 Å². The first kappa shape index (κ1) is 14.9. The Hall–Kier alpha value is -2.54. The second-order valence-corrected chi connectivity index (χ2v) is 4.86. The number of hydrogen-bond acceptors (Lipinski definition) is 1. The van der Waals surface area contributed by atoms with Crippen molar-refractivity contribution in [3.63, 3.8) is 0 Å². The molecular formula is C20H21N. The smallest absolute Gasteiger partial charge is 0.0433 e. The zero-order valence-corrected chi connectivity index (χ0v) is 12.3. The molecular weight excluding hydrogens is 254 g/mol. The monoisotopic (exact) mass is 275 g/mol. The molecule has 0 atom stereocenters. The van der Waals surface area contributed by atoms with Crippen LogP contribution < -0.4 is 4.90 Å². The predicted molar refractivity (Wildman–Crippen MR) is 92.4 cm³/mol. The summed E-state index contributed by atoms with van der Waals surface area (Å²) in [7, 11) is 0. The molecule has 1 heteroatoms. The van der Waals surface area contributed by atoms with Gasteiger partial charge in [0.05, 0.1) is 0 Å². The lowest BCUT2D eigenvalue weighted by Gasteiger charge is -2.25. The topological polar surface area (TPSA) is 3.24 Å². The van der Waals surface area contributed by atoms with Crippen LogP contribution in [-0.4, -0.2) is 6.54 Å². The summed E-state index contributed by atoms with van der Waals surface area (Å²) in [5.74, 6) is 0. The first-order chi connectivity index (χ1) is 10.3. The second-order valence-electron chi connectivity index (χ2n) is 4.86. The molecule has 0 saturated carbocycles. The molecule has 0 fully saturated rings. The molecule has 1 nitrogen and oxygen atoms in total. The van der Waals surface area contributed by atoms with Gasteiger partial charge in [-0.15, -0.1) is 0 Å². The van der Waals surface area contributed by atoms with Gasteiger partial charge in [-0.1, -0.05) is 79.9 Å². The highest BCUT2D eigenvalue weighted by atomic mass is 15.1. The molecule has 2 rings (SSSR count). The van der Waals surface area contributed by atoms with Gasteiger partial charge in [0.15, 0.2) is 0 Å². The third kappa shape index (κ3) is 4.50. The van der Waals surface area contributed by atoms with Gasteiger partial charge in [0.2, 0.25) is 0 Å². The van der Waals surface area contributed by atoms with Crippen molar-refractivity contribution >= 4 is 5.69 Å². The Bertz CT molecular complexity index is 596. The summed E-state index contributed by atoms with van der Waals surface area (Å²) in [5.41, 5.74) is 3.66. The van der Waals surface area contributed by atoms with Crippen molar-refractivity contribution in [3.8, 4) is 0 Å². The minimum Gasteiger partial charge on any atom is -0.363 e. The number of benzene rings is 2. The summed E-state index contributed by atoms with van der Waals surface area (Å²) < 4.78 is 0. The quantitative estimate of drug-likeness (QED) is 0.643. The highest BCUT2D eigenvalue weighted by Crippen LogP contribution is 2.18. The van der Waals surface area contributed by atoms with Crippen LogP contribution in [0, 0.1) is 0 Å². The van der Waals surface area contributed by atoms with Crippen molar-refractivity contribution in [2.24, 2.45) is 0 Å². The molecule has 0 aliphatic heterocycles. The normalized spacial score (nSPS) is 11.0. The second kappa shape index (κ2) is 7.91. The van der Waals surface area contributed by atoms with Crippen molar-refractivity contribution in [3.05, 3.63) is 103 Å². The standard InChI is InChI=1S/C20H21N/c1-3-11-18(4-2)16-21(20-14-9-6-10-15-20)17-19-12-7-5-8-13-19/h3-15H,1-2,16-17H2/b18-11+. The summed E-state index contributed by atoms with van der Waals surface area (Å²) in [4.78, 5) is 2.34. The lowest BCUT2D eigenvalue weighted by atomic mass is 10.1. The minimum absolute atomic E-state index is 0.814. The van der Waals surface area contributed by atoms with E-state index < -0.39 is 0 Å². The fourth-order valence-corrected chi connectivity index (χ4v) is 2.24. The van der Waals surface area contributed by atoms with Gasteiger partial charge in [-0.2, -0.15) is 0 Å². The summed E-state index contributed by atoms with van der Waals surface area (Å²) in [6.45, 7) is 9.34. The average Bonchev–Trinajstić information content (AvgIpc) is 2.55. The highest BCUT2D eigenvalue weighted by Gasteiger charge is 2.08. The molecule has 2 aromatic carbocycles. The zero-order chi connectivity index (χ0) is 14.9. The van der Waals surface area contributed by atoms with Crippen molar-refractivity contribution in [1.82, 2.24) is 0 Å². The Morgan fingerprint density at radius 1 is 0.905 bits per heavy atom. The SMILES string of the molecule is C=C/C=C(\C=C)CN(Cc1ccccc1)c1ccccc1. The van der Waals surface area contributed by atoms with E-state index >= 15 is 0 Å². The number of nitrogens with zero attached hydrogens (tertiary/aromatic N) is 1. The molecule has 0 N–H and O–H groups in total. The summed E-state index contributed by atoms with van der Waals surface area (Å²) in [6, 6.07) is 21.0. The molecule has 0 amide bonds. The third-order valence-corrected chi connectivity index (χ3v) is 3.31. The van der Waals surface area contributed by atoms with E-state index in [1.54, 1.807) is 0 Å². The first-order valence-corrected chi connectivity index (χ1v) is 7.11. The fourth-order valence-electron chi connectivity index (χ4n) is 2.24. The maximum Gasteiger partial charge on any atom is 0.0433 e. The summed E-state index contributed by atoms with van der Waals surface area (Å²) in [6.07, 6.45) is 5.71. The average molecular weight is 275 g/mol. The van der Waals surface area contributed by atoms with Crippen LogP contribution in [0.1, 0.15) is 5.56 Å². The summed E-state index contributed by atoms with van der Waals surface area (Å²) in [5, 5.41) is 0. The number of allylic oxidation sites excluding steroid dienone is 2. The fraction of sp³-hybridized carbons (Fsp3) is 0.100. The molecule has 0 saturated heterocycles. The van der Waals surface area contributed by atoms with Crippen LogP contribution in [0.25, 0.3) is 0 Å². The van der Waals surface area contributed by atoms with Crippen LogP contribution in [0.5, 0.6) is 0 Å². The van der Waals surface area contributed by atoms with Gasteiger partial charge >= 0.3 is 0 Å². The van der Waals surface area contributed by atoms with Crippen molar-refractivity contribution in [1.29, 1.82) is 0 Å². The van der Waals surface area contributed by atoms with Crippen molar-refractivity contribution in [2.75, 3.05) is 11.4 Å². The van der Waals surface area contributed by atoms with Gasteiger partial charge in [-0.05, 0) is 23.3 Å². The van der Waals surface area contributed by atoms with Gasteiger partial charge in [0, 0.05) is 18.8 Å². The Labute approximate surface area is 127 Å². The predicted octanol–water partition coefficient (Wildman–Crippen LogP) is 4.99. The van der Waals surface area contributed by atoms with Gasteiger partial charge in [-0.25, -0.2) is 0 Å². The van der Waals surface area contributed by atoms with Gasteiger partial charge in [-0.3, -0.25) is 0 Å². The van der Waals surface area contributed by atoms with Crippen LogP contribution in [-0.2, 0) is 6.54 Å². The molecule has 0 aliphatic carbocycles. The summed E-state index contributed by atoms with van der Waals surface area (Å²) >= 11 is 0. The third-order valence-electron chi connectivity index (χ3n) is 3.31. The number of hydrogen-bond donors (Lipinski definition) is 0. The first-order valence-electron chi connectivity index (χ1n) is 7.11.